The van der Waals surface area contributed by atoms with E-state index in [0.717, 1.165) is 6.42 Å². The molecule has 2 N–H and O–H groups in total. The molecule has 0 aromatic heterocycles. The van der Waals surface area contributed by atoms with Crippen LogP contribution in [0.4, 0.5) is 0 Å². The molecule has 0 amide bonds. The average molecular weight is 188 g/mol. The van der Waals surface area contributed by atoms with Crippen LogP contribution >= 0.6 is 0 Å². The van der Waals surface area contributed by atoms with Gasteiger partial charge >= 0.3 is 0 Å². The second kappa shape index (κ2) is 4.26. The van der Waals surface area contributed by atoms with Crippen LogP contribution in [-0.4, -0.2) is 6.54 Å². The minimum absolute atomic E-state index is 0.400. The smallest absolute Gasteiger partial charge is 0.0708 e. The molecule has 2 heteroatoms. The first-order chi connectivity index (χ1) is 6.59. The second-order valence-electron chi connectivity index (χ2n) is 4.04. The van der Waals surface area contributed by atoms with E-state index in [4.69, 9.17) is 11.0 Å². The van der Waals surface area contributed by atoms with Crippen LogP contribution in [0.1, 0.15) is 18.1 Å². The Morgan fingerprint density at radius 1 is 1.50 bits per heavy atom. The number of aryl methyl sites for hydroxylation is 1. The summed E-state index contributed by atoms with van der Waals surface area (Å²) in [7, 11) is 0. The van der Waals surface area contributed by atoms with Gasteiger partial charge in [0, 0.05) is 6.54 Å². The van der Waals surface area contributed by atoms with Gasteiger partial charge < -0.3 is 5.73 Å². The van der Waals surface area contributed by atoms with Gasteiger partial charge in [-0.25, -0.2) is 0 Å². The fraction of sp³-hybridized carbons (Fsp3) is 0.417. The lowest BCUT2D eigenvalue weighted by Gasteiger charge is -2.19. The molecule has 2 nitrogen and oxygen atoms in total. The van der Waals surface area contributed by atoms with Crippen molar-refractivity contribution in [2.75, 3.05) is 6.54 Å². The summed E-state index contributed by atoms with van der Waals surface area (Å²) in [5, 5.41) is 8.99. The number of nitrogens with two attached hydrogens (primary N) is 1. The Labute approximate surface area is 85.4 Å². The Morgan fingerprint density at radius 3 is 2.71 bits per heavy atom. The van der Waals surface area contributed by atoms with Crippen LogP contribution in [0.25, 0.3) is 0 Å². The van der Waals surface area contributed by atoms with Crippen LogP contribution in [-0.2, 0) is 6.42 Å². The minimum atomic E-state index is -0.437. The summed E-state index contributed by atoms with van der Waals surface area (Å²) in [6.45, 7) is 4.35. The van der Waals surface area contributed by atoms with Gasteiger partial charge in [-0.15, -0.1) is 0 Å². The van der Waals surface area contributed by atoms with Crippen LogP contribution in [0.5, 0.6) is 0 Å². The predicted molar refractivity (Wildman–Crippen MR) is 57.7 cm³/mol. The monoisotopic (exact) mass is 188 g/mol. The van der Waals surface area contributed by atoms with Gasteiger partial charge in [0.2, 0.25) is 0 Å². The van der Waals surface area contributed by atoms with Crippen molar-refractivity contribution >= 4 is 0 Å². The Hall–Kier alpha value is -1.33. The van der Waals surface area contributed by atoms with Crippen LogP contribution in [0.15, 0.2) is 24.3 Å². The molecule has 0 saturated heterocycles. The second-order valence-corrected chi connectivity index (χ2v) is 4.04. The normalized spacial score (nSPS) is 14.4. The molecular formula is C12H16N2. The summed E-state index contributed by atoms with van der Waals surface area (Å²) in [5.41, 5.74) is 7.55. The molecule has 0 radical (unpaired) electrons. The van der Waals surface area contributed by atoms with Gasteiger partial charge in [0.15, 0.2) is 0 Å². The molecule has 1 unspecified atom stereocenters. The molecule has 0 heterocycles. The highest BCUT2D eigenvalue weighted by Crippen LogP contribution is 2.20. The zero-order chi connectivity index (χ0) is 10.6. The van der Waals surface area contributed by atoms with E-state index in [0.29, 0.717) is 6.54 Å². The quantitative estimate of drug-likeness (QED) is 0.789. The molecule has 0 fully saturated rings. The van der Waals surface area contributed by atoms with E-state index in [1.54, 1.807) is 0 Å². The summed E-state index contributed by atoms with van der Waals surface area (Å²) in [6, 6.07) is 10.5. The SMILES string of the molecule is Cc1cccc(CC(C)(C#N)CN)c1. The van der Waals surface area contributed by atoms with Crippen molar-refractivity contribution in [3.8, 4) is 6.07 Å². The fourth-order valence-electron chi connectivity index (χ4n) is 1.43. The van der Waals surface area contributed by atoms with E-state index in [1.165, 1.54) is 11.1 Å². The maximum absolute atomic E-state index is 8.99. The number of rotatable bonds is 3. The third-order valence-corrected chi connectivity index (χ3v) is 2.40. The zero-order valence-corrected chi connectivity index (χ0v) is 8.75. The van der Waals surface area contributed by atoms with Gasteiger partial charge in [-0.2, -0.15) is 5.26 Å². The maximum atomic E-state index is 8.99. The maximum Gasteiger partial charge on any atom is 0.0708 e. The molecular weight excluding hydrogens is 172 g/mol. The third kappa shape index (κ3) is 2.58. The molecule has 0 aliphatic heterocycles. The fourth-order valence-corrected chi connectivity index (χ4v) is 1.43. The molecule has 0 saturated carbocycles. The van der Waals surface area contributed by atoms with E-state index >= 15 is 0 Å². The van der Waals surface area contributed by atoms with Gasteiger partial charge in [-0.05, 0) is 25.8 Å². The van der Waals surface area contributed by atoms with Crippen LogP contribution in [0, 0.1) is 23.7 Å². The highest BCUT2D eigenvalue weighted by atomic mass is 14.6. The molecule has 1 atom stereocenters. The standard InChI is InChI=1S/C12H16N2/c1-10-4-3-5-11(6-10)7-12(2,8-13)9-14/h3-6H,7-8,13H2,1-2H3. The van der Waals surface area contributed by atoms with Gasteiger partial charge in [0.1, 0.15) is 0 Å². The number of nitriles is 1. The number of benzene rings is 1. The van der Waals surface area contributed by atoms with Gasteiger partial charge in [-0.1, -0.05) is 29.8 Å². The highest BCUT2D eigenvalue weighted by Gasteiger charge is 2.22. The van der Waals surface area contributed by atoms with Crippen LogP contribution < -0.4 is 5.73 Å². The Morgan fingerprint density at radius 2 is 2.21 bits per heavy atom. The first kappa shape index (κ1) is 10.7. The topological polar surface area (TPSA) is 49.8 Å². The molecule has 14 heavy (non-hydrogen) atoms. The van der Waals surface area contributed by atoms with Crippen molar-refractivity contribution in [2.45, 2.75) is 20.3 Å². The summed E-state index contributed by atoms with van der Waals surface area (Å²) < 4.78 is 0. The highest BCUT2D eigenvalue weighted by molar-refractivity contribution is 5.24. The van der Waals surface area contributed by atoms with E-state index in [-0.39, 0.29) is 0 Å². The van der Waals surface area contributed by atoms with Crippen molar-refractivity contribution in [1.29, 1.82) is 5.26 Å². The summed E-state index contributed by atoms with van der Waals surface area (Å²) in [5.74, 6) is 0. The van der Waals surface area contributed by atoms with Crippen molar-refractivity contribution in [1.82, 2.24) is 0 Å². The van der Waals surface area contributed by atoms with Crippen LogP contribution in [0.2, 0.25) is 0 Å². The van der Waals surface area contributed by atoms with Crippen molar-refractivity contribution in [2.24, 2.45) is 11.1 Å². The average Bonchev–Trinajstić information content (AvgIpc) is 2.18. The van der Waals surface area contributed by atoms with E-state index in [1.807, 2.05) is 19.1 Å². The van der Waals surface area contributed by atoms with Crippen molar-refractivity contribution < 1.29 is 0 Å². The molecule has 0 spiro atoms. The molecule has 74 valence electrons. The van der Waals surface area contributed by atoms with E-state index in [9.17, 15) is 0 Å². The number of hydrogen-bond acceptors (Lipinski definition) is 2. The predicted octanol–water partition coefficient (Wildman–Crippen LogP) is 2.03. The first-order valence-corrected chi connectivity index (χ1v) is 4.76. The zero-order valence-electron chi connectivity index (χ0n) is 8.75. The van der Waals surface area contributed by atoms with Gasteiger partial charge in [-0.3, -0.25) is 0 Å². The largest absolute Gasteiger partial charge is 0.329 e. The third-order valence-electron chi connectivity index (χ3n) is 2.40. The summed E-state index contributed by atoms with van der Waals surface area (Å²) >= 11 is 0. The molecule has 0 aliphatic rings. The van der Waals surface area contributed by atoms with Gasteiger partial charge in [0.25, 0.3) is 0 Å². The number of hydrogen-bond donors (Lipinski definition) is 1. The van der Waals surface area contributed by atoms with Crippen molar-refractivity contribution in [3.05, 3.63) is 35.4 Å². The molecule has 0 aliphatic carbocycles. The first-order valence-electron chi connectivity index (χ1n) is 4.76. The summed E-state index contributed by atoms with van der Waals surface area (Å²) in [6.07, 6.45) is 0.724. The molecule has 0 bridgehead atoms. The Bertz CT molecular complexity index is 352. The molecule has 1 aromatic carbocycles. The van der Waals surface area contributed by atoms with Gasteiger partial charge in [0.05, 0.1) is 11.5 Å². The minimum Gasteiger partial charge on any atom is -0.329 e. The lowest BCUT2D eigenvalue weighted by atomic mass is 9.85. The summed E-state index contributed by atoms with van der Waals surface area (Å²) in [4.78, 5) is 0. The molecule has 1 aromatic rings. The van der Waals surface area contributed by atoms with Crippen LogP contribution in [0.3, 0.4) is 0 Å². The van der Waals surface area contributed by atoms with Crippen molar-refractivity contribution in [3.63, 3.8) is 0 Å². The van der Waals surface area contributed by atoms with E-state index in [2.05, 4.69) is 25.1 Å². The number of nitrogens with zero attached hydrogens (tertiary/aromatic N) is 1. The Kier molecular flexibility index (Phi) is 3.27. The van der Waals surface area contributed by atoms with E-state index < -0.39 is 5.41 Å². The lowest BCUT2D eigenvalue weighted by Crippen LogP contribution is -2.27. The molecule has 1 rings (SSSR count). The Balaban J connectivity index is 2.84. The lowest BCUT2D eigenvalue weighted by molar-refractivity contribution is 0.452.